The summed E-state index contributed by atoms with van der Waals surface area (Å²) in [6.07, 6.45) is -4.71. The summed E-state index contributed by atoms with van der Waals surface area (Å²) >= 11 is 0.794. The van der Waals surface area contributed by atoms with E-state index in [1.165, 1.54) is 0 Å². The van der Waals surface area contributed by atoms with Gasteiger partial charge in [-0.05, 0) is 24.6 Å². The monoisotopic (exact) mass is 412 g/mol. The average Bonchev–Trinajstić information content (AvgIpc) is 2.65. The summed E-state index contributed by atoms with van der Waals surface area (Å²) in [5.74, 6) is -0.289. The van der Waals surface area contributed by atoms with Crippen LogP contribution in [0, 0.1) is 6.92 Å². The molecule has 1 fully saturated rings. The van der Waals surface area contributed by atoms with Crippen LogP contribution in [-0.4, -0.2) is 52.7 Å². The van der Waals surface area contributed by atoms with Crippen LogP contribution in [-0.2, 0) is 11.0 Å². The Morgan fingerprint density at radius 2 is 1.93 bits per heavy atom. The van der Waals surface area contributed by atoms with Gasteiger partial charge in [0.15, 0.2) is 10.9 Å². The molecule has 10 heteroatoms. The molecule has 1 aliphatic heterocycles. The molecule has 3 rings (SSSR count). The van der Waals surface area contributed by atoms with E-state index in [2.05, 4.69) is 20.9 Å². The molecule has 28 heavy (non-hydrogen) atoms. The minimum absolute atomic E-state index is 0.0886. The molecule has 1 aromatic heterocycles. The second kappa shape index (κ2) is 8.26. The third-order valence-corrected chi connectivity index (χ3v) is 5.20. The highest BCUT2D eigenvalue weighted by Crippen LogP contribution is 2.27. The minimum atomic E-state index is -4.71. The lowest BCUT2D eigenvalue weighted by Gasteiger charge is -2.36. The molecule has 0 unspecified atom stereocenters. The Balaban J connectivity index is 1.55. The van der Waals surface area contributed by atoms with E-state index in [0.29, 0.717) is 32.2 Å². The van der Waals surface area contributed by atoms with Gasteiger partial charge >= 0.3 is 6.18 Å². The quantitative estimate of drug-likeness (QED) is 0.618. The van der Waals surface area contributed by atoms with E-state index in [9.17, 15) is 22.8 Å². The highest BCUT2D eigenvalue weighted by atomic mass is 32.2. The number of nitrogens with one attached hydrogen (secondary N) is 1. The van der Waals surface area contributed by atoms with Gasteiger partial charge < -0.3 is 14.8 Å². The molecule has 6 nitrogen and oxygen atoms in total. The molecule has 1 N–H and O–H groups in total. The van der Waals surface area contributed by atoms with Crippen LogP contribution >= 0.6 is 11.8 Å². The second-order valence-corrected chi connectivity index (χ2v) is 7.39. The van der Waals surface area contributed by atoms with Crippen molar-refractivity contribution in [2.24, 2.45) is 0 Å². The van der Waals surface area contributed by atoms with Crippen LogP contribution in [0.25, 0.3) is 0 Å². The van der Waals surface area contributed by atoms with Gasteiger partial charge in [-0.15, -0.1) is 0 Å². The fraction of sp³-hybridized carbons (Fsp3) is 0.389. The van der Waals surface area contributed by atoms with Crippen LogP contribution < -0.4 is 10.5 Å². The summed E-state index contributed by atoms with van der Waals surface area (Å²) < 4.78 is 38.2. The molecule has 2 aromatic rings. The first-order valence-corrected chi connectivity index (χ1v) is 9.62. The van der Waals surface area contributed by atoms with Crippen molar-refractivity contribution in [1.82, 2.24) is 14.9 Å². The minimum Gasteiger partial charge on any atom is -0.368 e. The smallest absolute Gasteiger partial charge is 0.368 e. The van der Waals surface area contributed by atoms with Gasteiger partial charge in [0.2, 0.25) is 5.91 Å². The Morgan fingerprint density at radius 3 is 2.57 bits per heavy atom. The largest absolute Gasteiger partial charge is 0.433 e. The molecule has 2 heterocycles. The van der Waals surface area contributed by atoms with E-state index in [-0.39, 0.29) is 16.8 Å². The van der Waals surface area contributed by atoms with Gasteiger partial charge in [0, 0.05) is 37.9 Å². The number of aryl methyl sites for hydroxylation is 1. The SMILES string of the molecule is Cc1cccc(N2CCN(C(=O)CSc3nc(C(F)(F)F)cc(=O)[nH]3)CC2)c1. The van der Waals surface area contributed by atoms with Crippen LogP contribution in [0.15, 0.2) is 40.3 Å². The van der Waals surface area contributed by atoms with Crippen molar-refractivity contribution in [3.63, 3.8) is 0 Å². The number of aromatic amines is 1. The number of nitrogens with zero attached hydrogens (tertiary/aromatic N) is 3. The van der Waals surface area contributed by atoms with Crippen LogP contribution in [0.2, 0.25) is 0 Å². The average molecular weight is 412 g/mol. The zero-order valence-electron chi connectivity index (χ0n) is 15.1. The summed E-state index contributed by atoms with van der Waals surface area (Å²) in [7, 11) is 0. The van der Waals surface area contributed by atoms with Crippen molar-refractivity contribution in [3.8, 4) is 0 Å². The maximum atomic E-state index is 12.7. The zero-order chi connectivity index (χ0) is 20.3. The zero-order valence-corrected chi connectivity index (χ0v) is 15.9. The molecule has 0 aliphatic carbocycles. The second-order valence-electron chi connectivity index (χ2n) is 6.43. The number of amides is 1. The highest BCUT2D eigenvalue weighted by Gasteiger charge is 2.33. The molecule has 0 bridgehead atoms. The molecule has 0 radical (unpaired) electrons. The van der Waals surface area contributed by atoms with Gasteiger partial charge in [0.1, 0.15) is 0 Å². The van der Waals surface area contributed by atoms with Gasteiger partial charge in [0.05, 0.1) is 5.75 Å². The summed E-state index contributed by atoms with van der Waals surface area (Å²) in [6.45, 7) is 4.43. The summed E-state index contributed by atoms with van der Waals surface area (Å²) in [5.41, 5.74) is 0.101. The first-order valence-electron chi connectivity index (χ1n) is 8.63. The van der Waals surface area contributed by atoms with Crippen molar-refractivity contribution in [1.29, 1.82) is 0 Å². The van der Waals surface area contributed by atoms with Gasteiger partial charge in [-0.1, -0.05) is 23.9 Å². The van der Waals surface area contributed by atoms with Crippen LogP contribution in [0.3, 0.4) is 0 Å². The molecule has 1 aliphatic rings. The molecule has 1 aromatic carbocycles. The number of hydrogen-bond donors (Lipinski definition) is 1. The van der Waals surface area contributed by atoms with Crippen molar-refractivity contribution in [2.75, 3.05) is 36.8 Å². The fourth-order valence-electron chi connectivity index (χ4n) is 2.91. The van der Waals surface area contributed by atoms with E-state index < -0.39 is 17.4 Å². The van der Waals surface area contributed by atoms with E-state index in [0.717, 1.165) is 23.0 Å². The van der Waals surface area contributed by atoms with E-state index in [1.807, 2.05) is 25.1 Å². The van der Waals surface area contributed by atoms with Gasteiger partial charge in [-0.3, -0.25) is 9.59 Å². The molecule has 0 spiro atoms. The molecule has 150 valence electrons. The lowest BCUT2D eigenvalue weighted by Crippen LogP contribution is -2.49. The Kier molecular flexibility index (Phi) is 5.97. The number of hydrogen-bond acceptors (Lipinski definition) is 5. The number of benzene rings is 1. The first kappa shape index (κ1) is 20.2. The predicted molar refractivity (Wildman–Crippen MR) is 101 cm³/mol. The summed E-state index contributed by atoms with van der Waals surface area (Å²) in [4.78, 5) is 33.2. The summed E-state index contributed by atoms with van der Waals surface area (Å²) in [6, 6.07) is 8.52. The topological polar surface area (TPSA) is 69.3 Å². The van der Waals surface area contributed by atoms with Gasteiger partial charge in [0.25, 0.3) is 5.56 Å². The van der Waals surface area contributed by atoms with Crippen LogP contribution in [0.4, 0.5) is 18.9 Å². The Labute approximate surface area is 163 Å². The molecular formula is C18H19F3N4O2S. The van der Waals surface area contributed by atoms with E-state index in [4.69, 9.17) is 0 Å². The van der Waals surface area contributed by atoms with Crippen LogP contribution in [0.5, 0.6) is 0 Å². The van der Waals surface area contributed by atoms with Crippen molar-refractivity contribution in [3.05, 3.63) is 51.9 Å². The summed E-state index contributed by atoms with van der Waals surface area (Å²) in [5, 5.41) is -0.216. The van der Waals surface area contributed by atoms with Gasteiger partial charge in [-0.2, -0.15) is 13.2 Å². The van der Waals surface area contributed by atoms with Crippen molar-refractivity contribution in [2.45, 2.75) is 18.3 Å². The van der Waals surface area contributed by atoms with Gasteiger partial charge in [-0.25, -0.2) is 4.98 Å². The number of thioether (sulfide) groups is 1. The third-order valence-electron chi connectivity index (χ3n) is 4.34. The third kappa shape index (κ3) is 5.06. The van der Waals surface area contributed by atoms with Crippen molar-refractivity contribution < 1.29 is 18.0 Å². The number of anilines is 1. The Bertz CT molecular complexity index is 908. The van der Waals surface area contributed by atoms with Crippen molar-refractivity contribution >= 4 is 23.4 Å². The normalized spacial score (nSPS) is 15.0. The maximum absolute atomic E-state index is 12.7. The maximum Gasteiger partial charge on any atom is 0.433 e. The molecular weight excluding hydrogens is 393 g/mol. The number of alkyl halides is 3. The number of aromatic nitrogens is 2. The van der Waals surface area contributed by atoms with E-state index in [1.54, 1.807) is 4.90 Å². The number of rotatable bonds is 4. The Hall–Kier alpha value is -2.49. The fourth-order valence-corrected chi connectivity index (χ4v) is 3.69. The number of carbonyl (C=O) groups is 1. The lowest BCUT2D eigenvalue weighted by molar-refractivity contribution is -0.141. The predicted octanol–water partition coefficient (Wildman–Crippen LogP) is 2.54. The Morgan fingerprint density at radius 1 is 1.21 bits per heavy atom. The number of halogens is 3. The van der Waals surface area contributed by atoms with E-state index >= 15 is 0 Å². The van der Waals surface area contributed by atoms with Crippen LogP contribution in [0.1, 0.15) is 11.3 Å². The number of H-pyrrole nitrogens is 1. The molecule has 0 saturated carbocycles. The first-order chi connectivity index (χ1) is 13.2. The highest BCUT2D eigenvalue weighted by molar-refractivity contribution is 7.99. The molecule has 1 saturated heterocycles. The molecule has 1 amide bonds. The lowest BCUT2D eigenvalue weighted by atomic mass is 10.2. The molecule has 0 atom stereocenters. The standard InChI is InChI=1S/C18H19F3N4O2S/c1-12-3-2-4-13(9-12)24-5-7-25(8-6-24)16(27)11-28-17-22-14(18(19,20)21)10-15(26)23-17/h2-4,9-10H,5-8,11H2,1H3,(H,22,23,26). The number of piperazine rings is 1. The number of carbonyl (C=O) groups excluding carboxylic acids is 1.